The van der Waals surface area contributed by atoms with E-state index in [-0.39, 0.29) is 30.4 Å². The van der Waals surface area contributed by atoms with E-state index in [4.69, 9.17) is 9.47 Å². The molecule has 0 saturated heterocycles. The van der Waals surface area contributed by atoms with Crippen molar-refractivity contribution in [2.75, 3.05) is 13.6 Å². The normalized spacial score (nSPS) is 20.3. The van der Waals surface area contributed by atoms with E-state index in [0.29, 0.717) is 41.6 Å². The summed E-state index contributed by atoms with van der Waals surface area (Å²) in [6, 6.07) is 5.64. The highest BCUT2D eigenvalue weighted by Crippen LogP contribution is 2.31. The molecule has 2 aliphatic rings. The summed E-state index contributed by atoms with van der Waals surface area (Å²) in [6.45, 7) is 0.761. The van der Waals surface area contributed by atoms with E-state index in [1.165, 1.54) is 12.8 Å². The van der Waals surface area contributed by atoms with Crippen molar-refractivity contribution < 1.29 is 19.1 Å². The number of ether oxygens (including phenoxy) is 2. The van der Waals surface area contributed by atoms with Crippen LogP contribution in [0.15, 0.2) is 18.3 Å². The summed E-state index contributed by atoms with van der Waals surface area (Å²) in [5.41, 5.74) is 2.12. The molecule has 2 aliphatic carbocycles. The van der Waals surface area contributed by atoms with E-state index in [0.717, 1.165) is 38.4 Å². The predicted octanol–water partition coefficient (Wildman–Crippen LogP) is 4.25. The number of nitrogens with zero attached hydrogens (tertiary/aromatic N) is 5. The largest absolute Gasteiger partial charge is 0.487 e. The summed E-state index contributed by atoms with van der Waals surface area (Å²) in [4.78, 5) is 29.9. The van der Waals surface area contributed by atoms with Crippen LogP contribution in [-0.4, -0.2) is 51.7 Å². The van der Waals surface area contributed by atoms with Crippen molar-refractivity contribution in [1.82, 2.24) is 19.7 Å². The SMILES string of the molecule is CN(CC1CCCC1)C(=O)OCc1c(-c2ccc(OC3CCC[C@H](C=O)C3)c(C#N)n2)cnn1C. The van der Waals surface area contributed by atoms with Gasteiger partial charge in [-0.2, -0.15) is 10.4 Å². The van der Waals surface area contributed by atoms with Gasteiger partial charge in [0.05, 0.1) is 23.7 Å². The summed E-state index contributed by atoms with van der Waals surface area (Å²) < 4.78 is 13.3. The van der Waals surface area contributed by atoms with Gasteiger partial charge in [0.25, 0.3) is 0 Å². The van der Waals surface area contributed by atoms with E-state index in [9.17, 15) is 14.9 Å². The van der Waals surface area contributed by atoms with Crippen LogP contribution in [0.3, 0.4) is 0 Å². The van der Waals surface area contributed by atoms with E-state index in [1.807, 2.05) is 0 Å². The van der Waals surface area contributed by atoms with Gasteiger partial charge in [-0.25, -0.2) is 9.78 Å². The van der Waals surface area contributed by atoms with Crippen LogP contribution in [0.5, 0.6) is 5.75 Å². The number of aromatic nitrogens is 3. The Hall–Kier alpha value is -3.41. The fourth-order valence-corrected chi connectivity index (χ4v) is 5.11. The van der Waals surface area contributed by atoms with Crippen LogP contribution in [0.25, 0.3) is 11.3 Å². The number of carbonyl (C=O) groups is 2. The summed E-state index contributed by atoms with van der Waals surface area (Å²) >= 11 is 0. The fraction of sp³-hybridized carbons (Fsp3) is 0.577. The van der Waals surface area contributed by atoms with Crippen molar-refractivity contribution in [1.29, 1.82) is 5.26 Å². The predicted molar refractivity (Wildman–Crippen MR) is 128 cm³/mol. The molecule has 2 fully saturated rings. The Morgan fingerprint density at radius 2 is 2.06 bits per heavy atom. The molecule has 0 radical (unpaired) electrons. The van der Waals surface area contributed by atoms with Gasteiger partial charge in [0.2, 0.25) is 0 Å². The molecule has 2 aromatic rings. The Morgan fingerprint density at radius 3 is 2.80 bits per heavy atom. The van der Waals surface area contributed by atoms with Crippen molar-refractivity contribution in [2.24, 2.45) is 18.9 Å². The molecule has 1 amide bonds. The number of nitriles is 1. The van der Waals surface area contributed by atoms with Crippen LogP contribution in [0.1, 0.15) is 62.8 Å². The molecular formula is C26H33N5O4. The molecule has 0 bridgehead atoms. The molecule has 0 aromatic carbocycles. The number of rotatable bonds is 8. The molecule has 0 aliphatic heterocycles. The molecule has 2 atom stereocenters. The molecule has 9 nitrogen and oxygen atoms in total. The zero-order valence-corrected chi connectivity index (χ0v) is 20.5. The zero-order valence-electron chi connectivity index (χ0n) is 20.5. The molecule has 2 saturated carbocycles. The maximum Gasteiger partial charge on any atom is 0.409 e. The van der Waals surface area contributed by atoms with E-state index < -0.39 is 0 Å². The second-order valence-corrected chi connectivity index (χ2v) is 9.67. The van der Waals surface area contributed by atoms with Gasteiger partial charge >= 0.3 is 6.09 Å². The number of pyridine rings is 1. The average molecular weight is 480 g/mol. The lowest BCUT2D eigenvalue weighted by atomic mass is 9.88. The van der Waals surface area contributed by atoms with Gasteiger partial charge in [-0.05, 0) is 56.6 Å². The minimum atomic E-state index is -0.361. The molecule has 35 heavy (non-hydrogen) atoms. The van der Waals surface area contributed by atoms with Crippen LogP contribution in [-0.2, 0) is 23.2 Å². The quantitative estimate of drug-likeness (QED) is 0.521. The first-order valence-electron chi connectivity index (χ1n) is 12.4. The summed E-state index contributed by atoms with van der Waals surface area (Å²) in [6.07, 6.45) is 10.3. The molecule has 4 rings (SSSR count). The van der Waals surface area contributed by atoms with Gasteiger partial charge in [0.1, 0.15) is 19.0 Å². The first-order valence-corrected chi connectivity index (χ1v) is 12.4. The maximum absolute atomic E-state index is 12.5. The first-order chi connectivity index (χ1) is 17.0. The number of aldehydes is 1. The number of hydrogen-bond acceptors (Lipinski definition) is 7. The lowest BCUT2D eigenvalue weighted by Crippen LogP contribution is -2.31. The van der Waals surface area contributed by atoms with Crippen LogP contribution in [0.2, 0.25) is 0 Å². The molecule has 0 spiro atoms. The second kappa shape index (κ2) is 11.3. The van der Waals surface area contributed by atoms with Crippen LogP contribution < -0.4 is 4.74 Å². The Morgan fingerprint density at radius 1 is 1.26 bits per heavy atom. The molecule has 0 N–H and O–H groups in total. The minimum Gasteiger partial charge on any atom is -0.487 e. The van der Waals surface area contributed by atoms with Crippen molar-refractivity contribution in [3.05, 3.63) is 29.7 Å². The van der Waals surface area contributed by atoms with Crippen LogP contribution >= 0.6 is 0 Å². The van der Waals surface area contributed by atoms with Gasteiger partial charge < -0.3 is 19.2 Å². The fourth-order valence-electron chi connectivity index (χ4n) is 5.11. The van der Waals surface area contributed by atoms with Gasteiger partial charge in [-0.3, -0.25) is 4.68 Å². The first kappa shape index (κ1) is 24.7. The highest BCUT2D eigenvalue weighted by atomic mass is 16.6. The average Bonchev–Trinajstić information content (AvgIpc) is 3.52. The van der Waals surface area contributed by atoms with Crippen LogP contribution in [0, 0.1) is 23.2 Å². The summed E-state index contributed by atoms with van der Waals surface area (Å²) in [7, 11) is 3.55. The van der Waals surface area contributed by atoms with Crippen molar-refractivity contribution in [2.45, 2.75) is 64.1 Å². The van der Waals surface area contributed by atoms with Gasteiger partial charge in [0, 0.05) is 32.1 Å². The molecule has 1 unspecified atom stereocenters. The van der Waals surface area contributed by atoms with E-state index >= 15 is 0 Å². The third kappa shape index (κ3) is 5.99. The Labute approximate surface area is 206 Å². The molecule has 2 aromatic heterocycles. The monoisotopic (exact) mass is 479 g/mol. The number of aryl methyl sites for hydroxylation is 1. The third-order valence-electron chi connectivity index (χ3n) is 7.11. The van der Waals surface area contributed by atoms with Crippen molar-refractivity contribution >= 4 is 12.4 Å². The van der Waals surface area contributed by atoms with Gasteiger partial charge in [0.15, 0.2) is 11.4 Å². The molecule has 2 heterocycles. The van der Waals surface area contributed by atoms with E-state index in [1.54, 1.807) is 42.0 Å². The Balaban J connectivity index is 1.44. The van der Waals surface area contributed by atoms with Crippen molar-refractivity contribution in [3.8, 4) is 23.1 Å². The Bertz CT molecular complexity index is 1090. The third-order valence-corrected chi connectivity index (χ3v) is 7.11. The van der Waals surface area contributed by atoms with Crippen molar-refractivity contribution in [3.63, 3.8) is 0 Å². The highest BCUT2D eigenvalue weighted by molar-refractivity contribution is 5.68. The van der Waals surface area contributed by atoms with Gasteiger partial charge in [-0.1, -0.05) is 12.8 Å². The standard InChI is InChI=1S/C26H33N5O4/c1-30(15-18-6-3-4-7-18)26(33)34-17-24-21(14-28-31(24)2)22-10-11-25(23(13-27)29-22)35-20-9-5-8-19(12-20)16-32/h10-11,14,16,18-20H,3-9,12,15,17H2,1-2H3/t19-,20?/m0/s1. The highest BCUT2D eigenvalue weighted by Gasteiger charge is 2.25. The second-order valence-electron chi connectivity index (χ2n) is 9.67. The summed E-state index contributed by atoms with van der Waals surface area (Å²) in [5, 5.41) is 14.0. The topological polar surface area (TPSA) is 110 Å². The van der Waals surface area contributed by atoms with Gasteiger partial charge in [-0.15, -0.1) is 0 Å². The summed E-state index contributed by atoms with van der Waals surface area (Å²) in [5.74, 6) is 0.967. The maximum atomic E-state index is 12.5. The molecule has 186 valence electrons. The number of hydrogen-bond donors (Lipinski definition) is 0. The number of amides is 1. The Kier molecular flexibility index (Phi) is 8.01. The zero-order chi connectivity index (χ0) is 24.8. The lowest BCUT2D eigenvalue weighted by molar-refractivity contribution is -0.112. The molecule has 9 heteroatoms. The lowest BCUT2D eigenvalue weighted by Gasteiger charge is -2.26. The van der Waals surface area contributed by atoms with E-state index in [2.05, 4.69) is 16.2 Å². The smallest absolute Gasteiger partial charge is 0.409 e. The molecular weight excluding hydrogens is 446 g/mol. The van der Waals surface area contributed by atoms with Crippen LogP contribution in [0.4, 0.5) is 4.79 Å². The minimum absolute atomic E-state index is 0.00406. The number of carbonyl (C=O) groups excluding carboxylic acids is 2.